The highest BCUT2D eigenvalue weighted by Crippen LogP contribution is 2.35. The van der Waals surface area contributed by atoms with Crippen molar-refractivity contribution in [2.75, 3.05) is 27.3 Å². The Morgan fingerprint density at radius 1 is 1.10 bits per heavy atom. The molecule has 2 bridgehead atoms. The fraction of sp³-hybridized carbons (Fsp3) is 0.381. The van der Waals surface area contributed by atoms with Crippen LogP contribution in [0.5, 0.6) is 11.5 Å². The molecule has 2 aliphatic heterocycles. The van der Waals surface area contributed by atoms with E-state index in [1.807, 2.05) is 21.6 Å². The largest absolute Gasteiger partial charge is 0.497 e. The molecule has 0 aliphatic carbocycles. The molecule has 0 unspecified atom stereocenters. The first-order valence-electron chi connectivity index (χ1n) is 9.51. The maximum atomic E-state index is 12.7. The van der Waals surface area contributed by atoms with E-state index in [1.54, 1.807) is 24.3 Å². The SMILES string of the molecule is COc1cc(OC)cc(C(=O)NC(=S)N2C[C@@H]3C[C@H](C2)c2cccc(=O)n2C3)c1. The van der Waals surface area contributed by atoms with Crippen LogP contribution in [0.2, 0.25) is 0 Å². The summed E-state index contributed by atoms with van der Waals surface area (Å²) in [6.45, 7) is 2.09. The fourth-order valence-corrected chi connectivity index (χ4v) is 4.49. The fourth-order valence-electron chi connectivity index (χ4n) is 4.25. The van der Waals surface area contributed by atoms with E-state index >= 15 is 0 Å². The van der Waals surface area contributed by atoms with Gasteiger partial charge < -0.3 is 18.9 Å². The van der Waals surface area contributed by atoms with Crippen molar-refractivity contribution in [1.82, 2.24) is 14.8 Å². The molecule has 2 aliphatic rings. The highest BCUT2D eigenvalue weighted by atomic mass is 32.1. The standard InChI is InChI=1S/C21H23N3O4S/c1-27-16-7-14(8-17(9-16)28-2)20(26)22-21(29)23-10-13-6-15(12-23)18-4-3-5-19(25)24(18)11-13/h3-5,7-9,13,15H,6,10-12H2,1-2H3,(H,22,26,29)/t13-,15+/m0/s1. The number of aromatic nitrogens is 1. The van der Waals surface area contributed by atoms with Crippen molar-refractivity contribution in [2.24, 2.45) is 5.92 Å². The van der Waals surface area contributed by atoms with E-state index in [1.165, 1.54) is 14.2 Å². The predicted molar refractivity (Wildman–Crippen MR) is 113 cm³/mol. The van der Waals surface area contributed by atoms with E-state index in [0.29, 0.717) is 41.2 Å². The number of hydrogen-bond acceptors (Lipinski definition) is 5. The quantitative estimate of drug-likeness (QED) is 0.776. The third-order valence-electron chi connectivity index (χ3n) is 5.60. The number of hydrogen-bond donors (Lipinski definition) is 1. The Bertz CT molecular complexity index is 997. The third kappa shape index (κ3) is 3.85. The van der Waals surface area contributed by atoms with E-state index in [9.17, 15) is 9.59 Å². The van der Waals surface area contributed by atoms with Crippen molar-refractivity contribution in [1.29, 1.82) is 0 Å². The Morgan fingerprint density at radius 3 is 2.52 bits per heavy atom. The number of benzene rings is 1. The smallest absolute Gasteiger partial charge is 0.257 e. The van der Waals surface area contributed by atoms with E-state index in [2.05, 4.69) is 5.32 Å². The van der Waals surface area contributed by atoms with Crippen LogP contribution in [0.3, 0.4) is 0 Å². The average molecular weight is 413 g/mol. The van der Waals surface area contributed by atoms with Crippen LogP contribution in [0, 0.1) is 5.92 Å². The lowest BCUT2D eigenvalue weighted by Gasteiger charge is -2.43. The summed E-state index contributed by atoms with van der Waals surface area (Å²) >= 11 is 5.54. The van der Waals surface area contributed by atoms with Gasteiger partial charge in [0.25, 0.3) is 11.5 Å². The van der Waals surface area contributed by atoms with Gasteiger partial charge in [-0.3, -0.25) is 14.9 Å². The molecule has 2 atom stereocenters. The molecule has 7 nitrogen and oxygen atoms in total. The number of thiocarbonyl (C=S) groups is 1. The maximum absolute atomic E-state index is 12.7. The second kappa shape index (κ2) is 7.87. The number of amides is 1. The number of methoxy groups -OCH3 is 2. The number of fused-ring (bicyclic) bond motifs is 4. The number of carbonyl (C=O) groups excluding carboxylic acids is 1. The van der Waals surface area contributed by atoms with Gasteiger partial charge >= 0.3 is 0 Å². The number of nitrogens with one attached hydrogen (secondary N) is 1. The highest BCUT2D eigenvalue weighted by molar-refractivity contribution is 7.80. The summed E-state index contributed by atoms with van der Waals surface area (Å²) in [6, 6.07) is 10.4. The Morgan fingerprint density at radius 2 is 1.83 bits per heavy atom. The van der Waals surface area contributed by atoms with Gasteiger partial charge in [-0.2, -0.15) is 0 Å². The van der Waals surface area contributed by atoms with Crippen molar-refractivity contribution in [3.05, 3.63) is 58.0 Å². The van der Waals surface area contributed by atoms with Gasteiger partial charge in [0.2, 0.25) is 0 Å². The molecule has 2 aromatic rings. The topological polar surface area (TPSA) is 72.8 Å². The van der Waals surface area contributed by atoms with E-state index in [-0.39, 0.29) is 17.4 Å². The van der Waals surface area contributed by atoms with Gasteiger partial charge in [0.1, 0.15) is 11.5 Å². The van der Waals surface area contributed by atoms with Gasteiger partial charge in [0.15, 0.2) is 5.11 Å². The molecular weight excluding hydrogens is 390 g/mol. The van der Waals surface area contributed by atoms with Crippen molar-refractivity contribution in [3.63, 3.8) is 0 Å². The zero-order chi connectivity index (χ0) is 20.5. The second-order valence-corrected chi connectivity index (χ2v) is 7.85. The summed E-state index contributed by atoms with van der Waals surface area (Å²) in [4.78, 5) is 26.9. The van der Waals surface area contributed by atoms with Gasteiger partial charge in [-0.15, -0.1) is 0 Å². The van der Waals surface area contributed by atoms with Crippen molar-refractivity contribution in [2.45, 2.75) is 18.9 Å². The van der Waals surface area contributed by atoms with Gasteiger partial charge in [-0.05, 0) is 42.8 Å². The number of ether oxygens (including phenoxy) is 2. The van der Waals surface area contributed by atoms with Crippen molar-refractivity contribution in [3.8, 4) is 11.5 Å². The molecule has 1 N–H and O–H groups in total. The van der Waals surface area contributed by atoms with Crippen LogP contribution in [0.25, 0.3) is 0 Å². The molecule has 3 heterocycles. The summed E-state index contributed by atoms with van der Waals surface area (Å²) in [5.74, 6) is 1.32. The molecule has 1 fully saturated rings. The van der Waals surface area contributed by atoms with E-state index < -0.39 is 0 Å². The number of carbonyl (C=O) groups is 1. The second-order valence-electron chi connectivity index (χ2n) is 7.46. The van der Waals surface area contributed by atoms with Crippen LogP contribution in [0.15, 0.2) is 41.2 Å². The molecule has 1 aromatic heterocycles. The van der Waals surface area contributed by atoms with Gasteiger partial charge in [0.05, 0.1) is 14.2 Å². The minimum absolute atomic E-state index is 0.0495. The Labute approximate surface area is 174 Å². The van der Waals surface area contributed by atoms with Gasteiger partial charge in [0, 0.05) is 48.9 Å². The van der Waals surface area contributed by atoms with Crippen LogP contribution in [0.4, 0.5) is 0 Å². The summed E-state index contributed by atoms with van der Waals surface area (Å²) in [6.07, 6.45) is 1.03. The highest BCUT2D eigenvalue weighted by Gasteiger charge is 2.35. The molecule has 4 rings (SSSR count). The lowest BCUT2D eigenvalue weighted by molar-refractivity contribution is 0.0967. The maximum Gasteiger partial charge on any atom is 0.257 e. The molecule has 29 heavy (non-hydrogen) atoms. The minimum Gasteiger partial charge on any atom is -0.497 e. The first-order valence-corrected chi connectivity index (χ1v) is 9.92. The molecule has 8 heteroatoms. The molecular formula is C21H23N3O4S. The van der Waals surface area contributed by atoms with Gasteiger partial charge in [-0.25, -0.2) is 0 Å². The monoisotopic (exact) mass is 413 g/mol. The molecule has 0 spiro atoms. The molecule has 0 radical (unpaired) electrons. The van der Waals surface area contributed by atoms with Gasteiger partial charge in [-0.1, -0.05) is 6.07 Å². The normalized spacial score (nSPS) is 19.9. The van der Waals surface area contributed by atoms with E-state index in [0.717, 1.165) is 18.7 Å². The number of piperidine rings is 1. The van der Waals surface area contributed by atoms with Crippen LogP contribution < -0.4 is 20.3 Å². The Kier molecular flexibility index (Phi) is 5.27. The zero-order valence-corrected chi connectivity index (χ0v) is 17.2. The number of nitrogens with zero attached hydrogens (tertiary/aromatic N) is 2. The molecule has 1 saturated heterocycles. The number of likely N-dealkylation sites (tertiary alicyclic amines) is 1. The average Bonchev–Trinajstić information content (AvgIpc) is 2.73. The number of rotatable bonds is 3. The zero-order valence-electron chi connectivity index (χ0n) is 16.4. The molecule has 1 aromatic carbocycles. The van der Waals surface area contributed by atoms with Crippen LogP contribution >= 0.6 is 12.2 Å². The summed E-state index contributed by atoms with van der Waals surface area (Å²) in [5, 5.41) is 3.23. The minimum atomic E-state index is -0.306. The van der Waals surface area contributed by atoms with Crippen molar-refractivity contribution >= 4 is 23.2 Å². The molecule has 0 saturated carbocycles. The lowest BCUT2D eigenvalue weighted by atomic mass is 9.83. The Hall–Kier alpha value is -2.87. The first-order chi connectivity index (χ1) is 14.0. The lowest BCUT2D eigenvalue weighted by Crippen LogP contribution is -2.52. The van der Waals surface area contributed by atoms with E-state index in [4.69, 9.17) is 21.7 Å². The summed E-state index contributed by atoms with van der Waals surface area (Å²) in [5.41, 5.74) is 1.51. The Balaban J connectivity index is 1.49. The van der Waals surface area contributed by atoms with Crippen molar-refractivity contribution < 1.29 is 14.3 Å². The predicted octanol–water partition coefficient (Wildman–Crippen LogP) is 2.00. The van der Waals surface area contributed by atoms with Crippen LogP contribution in [-0.4, -0.2) is 47.8 Å². The third-order valence-corrected chi connectivity index (χ3v) is 5.96. The summed E-state index contributed by atoms with van der Waals surface area (Å²) in [7, 11) is 3.08. The van der Waals surface area contributed by atoms with Crippen LogP contribution in [0.1, 0.15) is 28.4 Å². The first kappa shape index (κ1) is 19.4. The number of pyridine rings is 1. The molecule has 152 valence electrons. The summed E-state index contributed by atoms with van der Waals surface area (Å²) < 4.78 is 12.3. The van der Waals surface area contributed by atoms with Crippen LogP contribution in [-0.2, 0) is 6.54 Å². The molecule has 1 amide bonds.